The summed E-state index contributed by atoms with van der Waals surface area (Å²) in [5.74, 6) is -0.740. The van der Waals surface area contributed by atoms with Gasteiger partial charge in [0.05, 0.1) is 5.60 Å². The second-order valence-corrected chi connectivity index (χ2v) is 10.4. The molecule has 0 spiro atoms. The first-order valence-corrected chi connectivity index (χ1v) is 10.8. The highest BCUT2D eigenvalue weighted by atomic mass is 19.1. The van der Waals surface area contributed by atoms with Gasteiger partial charge in [-0.3, -0.25) is 0 Å². The van der Waals surface area contributed by atoms with Gasteiger partial charge in [-0.25, -0.2) is 14.0 Å². The van der Waals surface area contributed by atoms with Crippen molar-refractivity contribution in [2.24, 2.45) is 0 Å². The molecule has 2 aliphatic carbocycles. The summed E-state index contributed by atoms with van der Waals surface area (Å²) in [6.45, 7) is 10.9. The fraction of sp³-hybridized carbons (Fsp3) is 0.750. The smallest absolute Gasteiger partial charge is 0.330 e. The number of ether oxygens (including phenoxy) is 2. The maximum Gasteiger partial charge on any atom is 0.330 e. The van der Waals surface area contributed by atoms with Crippen LogP contribution in [0.4, 0.5) is 4.39 Å². The predicted octanol–water partition coefficient (Wildman–Crippen LogP) is 5.36. The van der Waals surface area contributed by atoms with Crippen molar-refractivity contribution in [2.45, 2.75) is 115 Å². The number of esters is 2. The van der Waals surface area contributed by atoms with Gasteiger partial charge in [-0.2, -0.15) is 0 Å². The first kappa shape index (κ1) is 26.3. The molecule has 0 heterocycles. The SMILES string of the molecule is CC(C)(C)OC(=O)/C=C/CC1(F)CCC1.CC(C)(C)OC(=O)/C=C/CC1(O)CCC1. The summed E-state index contributed by atoms with van der Waals surface area (Å²) < 4.78 is 23.6. The molecule has 0 aromatic rings. The molecule has 0 aromatic heterocycles. The Hall–Kier alpha value is -1.69. The van der Waals surface area contributed by atoms with Crippen molar-refractivity contribution in [3.63, 3.8) is 0 Å². The first-order chi connectivity index (χ1) is 13.6. The van der Waals surface area contributed by atoms with Crippen molar-refractivity contribution in [3.8, 4) is 0 Å². The molecule has 6 heteroatoms. The van der Waals surface area contributed by atoms with Crippen molar-refractivity contribution in [1.82, 2.24) is 0 Å². The van der Waals surface area contributed by atoms with Crippen LogP contribution in [0.3, 0.4) is 0 Å². The molecule has 1 N–H and O–H groups in total. The lowest BCUT2D eigenvalue weighted by Crippen LogP contribution is -2.35. The van der Waals surface area contributed by atoms with Crippen LogP contribution >= 0.6 is 0 Å². The van der Waals surface area contributed by atoms with E-state index in [-0.39, 0.29) is 5.97 Å². The molecule has 2 saturated carbocycles. The second kappa shape index (κ2) is 10.6. The summed E-state index contributed by atoms with van der Waals surface area (Å²) in [4.78, 5) is 22.5. The third-order valence-electron chi connectivity index (χ3n) is 4.84. The molecule has 2 rings (SSSR count). The van der Waals surface area contributed by atoms with E-state index < -0.39 is 28.4 Å². The van der Waals surface area contributed by atoms with Crippen LogP contribution < -0.4 is 0 Å². The number of alkyl halides is 1. The lowest BCUT2D eigenvalue weighted by Gasteiger charge is -2.35. The molecule has 5 nitrogen and oxygen atoms in total. The Kier molecular flexibility index (Phi) is 9.27. The molecule has 0 aliphatic heterocycles. The van der Waals surface area contributed by atoms with E-state index in [1.165, 1.54) is 12.2 Å². The van der Waals surface area contributed by atoms with E-state index >= 15 is 0 Å². The van der Waals surface area contributed by atoms with E-state index in [4.69, 9.17) is 9.47 Å². The highest BCUT2D eigenvalue weighted by molar-refractivity contribution is 5.82. The zero-order valence-electron chi connectivity index (χ0n) is 19.4. The minimum atomic E-state index is -1.06. The largest absolute Gasteiger partial charge is 0.457 e. The van der Waals surface area contributed by atoms with Crippen molar-refractivity contribution in [1.29, 1.82) is 0 Å². The van der Waals surface area contributed by atoms with Crippen LogP contribution in [0.15, 0.2) is 24.3 Å². The number of rotatable bonds is 6. The number of carbonyl (C=O) groups is 2. The average Bonchev–Trinajstić information content (AvgIpc) is 2.48. The molecule has 0 atom stereocenters. The molecule has 30 heavy (non-hydrogen) atoms. The van der Waals surface area contributed by atoms with Gasteiger partial charge in [0.2, 0.25) is 0 Å². The average molecular weight is 427 g/mol. The number of allylic oxidation sites excluding steroid dienone is 1. The monoisotopic (exact) mass is 426 g/mol. The summed E-state index contributed by atoms with van der Waals surface area (Å²) in [6, 6.07) is 0. The Bertz CT molecular complexity index is 573. The zero-order valence-corrected chi connectivity index (χ0v) is 19.4. The van der Waals surface area contributed by atoms with E-state index in [2.05, 4.69) is 0 Å². The molecule has 0 amide bonds. The van der Waals surface area contributed by atoms with Gasteiger partial charge < -0.3 is 14.6 Å². The maximum atomic E-state index is 13.5. The van der Waals surface area contributed by atoms with Crippen LogP contribution in [-0.4, -0.2) is 39.5 Å². The number of hydrogen-bond donors (Lipinski definition) is 1. The van der Waals surface area contributed by atoms with Crippen LogP contribution in [-0.2, 0) is 19.1 Å². The van der Waals surface area contributed by atoms with Crippen LogP contribution in [0, 0.1) is 0 Å². The predicted molar refractivity (Wildman–Crippen MR) is 116 cm³/mol. The van der Waals surface area contributed by atoms with Gasteiger partial charge in [-0.1, -0.05) is 12.2 Å². The van der Waals surface area contributed by atoms with Gasteiger partial charge in [0, 0.05) is 12.2 Å². The van der Waals surface area contributed by atoms with Gasteiger partial charge >= 0.3 is 11.9 Å². The van der Waals surface area contributed by atoms with Crippen molar-refractivity contribution >= 4 is 11.9 Å². The van der Waals surface area contributed by atoms with Crippen LogP contribution in [0.2, 0.25) is 0 Å². The third-order valence-corrected chi connectivity index (χ3v) is 4.84. The van der Waals surface area contributed by atoms with Crippen molar-refractivity contribution < 1.29 is 28.6 Å². The second-order valence-electron chi connectivity index (χ2n) is 10.4. The summed E-state index contributed by atoms with van der Waals surface area (Å²) in [5.41, 5.74) is -2.54. The van der Waals surface area contributed by atoms with E-state index in [0.29, 0.717) is 25.7 Å². The molecule has 2 aliphatic rings. The molecule has 2 fully saturated rings. The number of halogens is 1. The highest BCUT2D eigenvalue weighted by Crippen LogP contribution is 2.39. The number of hydrogen-bond acceptors (Lipinski definition) is 5. The molecular formula is C24H39FO5. The zero-order chi connectivity index (χ0) is 23.1. The number of aliphatic hydroxyl groups is 1. The van der Waals surface area contributed by atoms with Crippen molar-refractivity contribution in [2.75, 3.05) is 0 Å². The Morgan fingerprint density at radius 2 is 1.23 bits per heavy atom. The van der Waals surface area contributed by atoms with Crippen LogP contribution in [0.5, 0.6) is 0 Å². The number of carbonyl (C=O) groups excluding carboxylic acids is 2. The summed E-state index contributed by atoms with van der Waals surface area (Å²) in [5, 5.41) is 9.75. The maximum absolute atomic E-state index is 13.5. The molecule has 0 unspecified atom stereocenters. The van der Waals surface area contributed by atoms with Gasteiger partial charge in [0.1, 0.15) is 16.9 Å². The Labute approximate surface area is 180 Å². The van der Waals surface area contributed by atoms with Crippen molar-refractivity contribution in [3.05, 3.63) is 24.3 Å². The molecule has 0 radical (unpaired) electrons. The highest BCUT2D eigenvalue weighted by Gasteiger charge is 2.35. The summed E-state index contributed by atoms with van der Waals surface area (Å²) in [6.07, 6.45) is 11.8. The molecule has 172 valence electrons. The lowest BCUT2D eigenvalue weighted by atomic mass is 9.78. The lowest BCUT2D eigenvalue weighted by molar-refractivity contribution is -0.149. The molecule has 0 aromatic carbocycles. The minimum absolute atomic E-state index is 0.326. The Morgan fingerprint density at radius 3 is 1.53 bits per heavy atom. The van der Waals surface area contributed by atoms with Gasteiger partial charge in [0.25, 0.3) is 0 Å². The topological polar surface area (TPSA) is 72.8 Å². The summed E-state index contributed by atoms with van der Waals surface area (Å²) in [7, 11) is 0. The van der Waals surface area contributed by atoms with Crippen LogP contribution in [0.1, 0.15) is 92.9 Å². The van der Waals surface area contributed by atoms with E-state index in [0.717, 1.165) is 25.7 Å². The quantitative estimate of drug-likeness (QED) is 0.457. The Morgan fingerprint density at radius 1 is 0.833 bits per heavy atom. The molecule has 0 bridgehead atoms. The van der Waals surface area contributed by atoms with E-state index in [1.54, 1.807) is 32.9 Å². The van der Waals surface area contributed by atoms with E-state index in [9.17, 15) is 19.1 Å². The first-order valence-electron chi connectivity index (χ1n) is 10.8. The van der Waals surface area contributed by atoms with E-state index in [1.807, 2.05) is 20.8 Å². The van der Waals surface area contributed by atoms with Gasteiger partial charge in [0.15, 0.2) is 0 Å². The standard InChI is InChI=1S/C12H19FO2.C12H20O3/c1-11(2,3)15-10(14)6-4-7-12(13)8-5-9-12;1-11(2,3)15-10(13)6-4-7-12(14)8-5-9-12/h4,6H,5,7-9H2,1-3H3;4,6,14H,5,7-9H2,1-3H3/b2*6-4+. The minimum Gasteiger partial charge on any atom is -0.457 e. The molecule has 0 saturated heterocycles. The normalized spacial score (nSPS) is 20.0. The van der Waals surface area contributed by atoms with Gasteiger partial charge in [-0.15, -0.1) is 0 Å². The Balaban J connectivity index is 0.000000300. The molecular weight excluding hydrogens is 387 g/mol. The third kappa shape index (κ3) is 11.5. The fourth-order valence-electron chi connectivity index (χ4n) is 2.97. The summed E-state index contributed by atoms with van der Waals surface area (Å²) >= 11 is 0. The van der Waals surface area contributed by atoms with Gasteiger partial charge in [-0.05, 0) is 92.9 Å². The fourth-order valence-corrected chi connectivity index (χ4v) is 2.97. The van der Waals surface area contributed by atoms with Crippen LogP contribution in [0.25, 0.3) is 0 Å².